The highest BCUT2D eigenvalue weighted by Gasteiger charge is 2.50. The van der Waals surface area contributed by atoms with Crippen molar-refractivity contribution >= 4 is 80.0 Å². The Morgan fingerprint density at radius 3 is 2.50 bits per heavy atom. The van der Waals surface area contributed by atoms with Crippen molar-refractivity contribution in [3.63, 3.8) is 0 Å². The summed E-state index contributed by atoms with van der Waals surface area (Å²) >= 11 is 1.06. The van der Waals surface area contributed by atoms with E-state index in [1.807, 2.05) is 24.3 Å². The molecule has 4 heterocycles. The maximum atomic E-state index is 12.7. The first-order valence-electron chi connectivity index (χ1n) is 17.7. The molecule has 4 aromatic rings. The Bertz CT molecular complexity index is 2320. The quantitative estimate of drug-likeness (QED) is 0.0399. The second-order valence-corrected chi connectivity index (χ2v) is 19.2. The van der Waals surface area contributed by atoms with Crippen LogP contribution < -0.4 is 16.4 Å². The molecule has 1 fully saturated rings. The summed E-state index contributed by atoms with van der Waals surface area (Å²) in [5, 5.41) is 27.4. The van der Waals surface area contributed by atoms with Gasteiger partial charge in [0, 0.05) is 54.2 Å². The van der Waals surface area contributed by atoms with E-state index in [9.17, 15) is 57.9 Å². The van der Waals surface area contributed by atoms with Crippen LogP contribution in [-0.4, -0.2) is 128 Å². The number of nitrogens with zero attached hydrogens (tertiary/aromatic N) is 4. The number of imidazole rings is 1. The van der Waals surface area contributed by atoms with Crippen molar-refractivity contribution in [3.05, 3.63) is 48.7 Å². The van der Waals surface area contributed by atoms with Gasteiger partial charge in [0.05, 0.1) is 19.5 Å². The molecule has 0 radical (unpaired) electrons. The number of hydrogen-bond donors (Lipinski definition) is 10. The molecule has 11 N–H and O–H groups in total. The van der Waals surface area contributed by atoms with Crippen molar-refractivity contribution in [2.24, 2.45) is 5.41 Å². The maximum absolute atomic E-state index is 12.7. The number of aliphatic hydroxyl groups excluding tert-OH is 2. The van der Waals surface area contributed by atoms with Crippen LogP contribution in [0.1, 0.15) is 32.1 Å². The van der Waals surface area contributed by atoms with E-state index in [1.54, 1.807) is 6.20 Å². The second-order valence-electron chi connectivity index (χ2n) is 13.8. The molecule has 29 heteroatoms. The monoisotopic (exact) mass is 924 g/mol. The first-order chi connectivity index (χ1) is 28.1. The zero-order chi connectivity index (χ0) is 44.0. The Kier molecular flexibility index (Phi) is 15.5. The fourth-order valence-electron chi connectivity index (χ4n) is 5.78. The van der Waals surface area contributed by atoms with E-state index in [-0.39, 0.29) is 48.0 Å². The standard InChI is InChI=1S/C31H43N8O17P3S/c1-31(2,26(43)29(44)34-8-7-21(40)33-9-10-60-22(41)11-17-12-35-19-6-4-3-5-18(17)19)14-53-59(50,51)56-58(48,49)52-13-20-25(55-57(45,46)47)24(42)30(54-20)39-16-38-23-27(32)36-15-37-28(23)39/h3-6,12,15-16,20,24-26,30,35,42-43H,7-11,13-14H2,1-2H3,(H,33,40)(H,34,44)(H,48,49)(H,50,51)(H2,32,36,37)(H2,45,46,47)/t20-,24-,25-,26?,30-/m1/s1. The van der Waals surface area contributed by atoms with E-state index in [0.29, 0.717) is 5.75 Å². The van der Waals surface area contributed by atoms with Crippen LogP contribution in [-0.2, 0) is 57.1 Å². The summed E-state index contributed by atoms with van der Waals surface area (Å²) in [4.78, 5) is 91.4. The zero-order valence-electron chi connectivity index (χ0n) is 31.7. The number of aliphatic hydroxyl groups is 2. The third-order valence-corrected chi connectivity index (χ3v) is 12.7. The highest BCUT2D eigenvalue weighted by Crippen LogP contribution is 2.61. The number of H-pyrrole nitrogens is 1. The van der Waals surface area contributed by atoms with Crippen molar-refractivity contribution in [3.8, 4) is 0 Å². The highest BCUT2D eigenvalue weighted by atomic mass is 32.2. The number of aromatic amines is 1. The first-order valence-corrected chi connectivity index (χ1v) is 23.2. The molecule has 330 valence electrons. The molecular formula is C31H43N8O17P3S. The number of hydrogen-bond acceptors (Lipinski definition) is 18. The number of thioether (sulfide) groups is 1. The normalized spacial score (nSPS) is 21.1. The van der Waals surface area contributed by atoms with Crippen LogP contribution in [0.4, 0.5) is 5.82 Å². The van der Waals surface area contributed by atoms with Gasteiger partial charge in [0.1, 0.15) is 36.3 Å². The van der Waals surface area contributed by atoms with Crippen LogP contribution in [0.15, 0.2) is 43.1 Å². The molecular weight excluding hydrogens is 881 g/mol. The number of fused-ring (bicyclic) bond motifs is 2. The smallest absolute Gasteiger partial charge is 0.386 e. The molecule has 25 nitrogen and oxygen atoms in total. The number of aromatic nitrogens is 5. The topological polar surface area (TPSA) is 379 Å². The fraction of sp³-hybridized carbons (Fsp3) is 0.484. The van der Waals surface area contributed by atoms with Crippen molar-refractivity contribution in [2.75, 3.05) is 37.8 Å². The molecule has 60 heavy (non-hydrogen) atoms. The Morgan fingerprint density at radius 1 is 1.05 bits per heavy atom. The summed E-state index contributed by atoms with van der Waals surface area (Å²) in [7, 11) is -16.4. The molecule has 0 aliphatic carbocycles. The molecule has 1 aromatic carbocycles. The van der Waals surface area contributed by atoms with E-state index in [2.05, 4.69) is 39.4 Å². The Labute approximate surface area is 344 Å². The van der Waals surface area contributed by atoms with Crippen molar-refractivity contribution < 1.29 is 80.5 Å². The minimum Gasteiger partial charge on any atom is -0.386 e. The lowest BCUT2D eigenvalue weighted by Crippen LogP contribution is -2.46. The minimum atomic E-state index is -5.58. The maximum Gasteiger partial charge on any atom is 0.481 e. The van der Waals surface area contributed by atoms with Gasteiger partial charge in [0.15, 0.2) is 22.8 Å². The summed E-state index contributed by atoms with van der Waals surface area (Å²) in [6.07, 6.45) is -4.96. The fourth-order valence-corrected chi connectivity index (χ4v) is 9.30. The molecule has 0 bridgehead atoms. The number of nitrogens with two attached hydrogens (primary N) is 1. The third-order valence-electron chi connectivity index (χ3n) is 8.77. The third kappa shape index (κ3) is 12.7. The molecule has 3 aromatic heterocycles. The summed E-state index contributed by atoms with van der Waals surface area (Å²) in [5.41, 5.74) is 6.04. The van der Waals surface area contributed by atoms with Gasteiger partial charge in [0.25, 0.3) is 0 Å². The second kappa shape index (κ2) is 19.6. The average Bonchev–Trinajstić information content (AvgIpc) is 3.86. The van der Waals surface area contributed by atoms with Crippen LogP contribution >= 0.6 is 35.2 Å². The van der Waals surface area contributed by atoms with Crippen LogP contribution in [0.5, 0.6) is 0 Å². The van der Waals surface area contributed by atoms with E-state index < -0.39 is 84.6 Å². The van der Waals surface area contributed by atoms with Crippen LogP contribution in [0, 0.1) is 5.41 Å². The highest BCUT2D eigenvalue weighted by molar-refractivity contribution is 8.13. The first kappa shape index (κ1) is 47.4. The van der Waals surface area contributed by atoms with Gasteiger partial charge in [-0.25, -0.2) is 28.6 Å². The number of carbonyl (C=O) groups excluding carboxylic acids is 3. The van der Waals surface area contributed by atoms with Gasteiger partial charge in [-0.15, -0.1) is 0 Å². The number of benzene rings is 1. The van der Waals surface area contributed by atoms with Crippen molar-refractivity contribution in [1.82, 2.24) is 35.1 Å². The van der Waals surface area contributed by atoms with E-state index in [1.165, 1.54) is 13.8 Å². The Balaban J connectivity index is 1.03. The number of para-hydroxylation sites is 1. The number of amides is 2. The molecule has 0 spiro atoms. The molecule has 1 aliphatic heterocycles. The van der Waals surface area contributed by atoms with E-state index in [4.69, 9.17) is 19.5 Å². The molecule has 1 saturated heterocycles. The number of carbonyl (C=O) groups is 3. The predicted octanol–water partition coefficient (Wildman–Crippen LogP) is 0.389. The summed E-state index contributed by atoms with van der Waals surface area (Å²) in [5.74, 6) is -1.16. The Hall–Kier alpha value is -3.68. The molecule has 0 saturated carbocycles. The number of phosphoric ester groups is 3. The summed E-state index contributed by atoms with van der Waals surface area (Å²) in [6, 6.07) is 7.59. The van der Waals surface area contributed by atoms with Gasteiger partial charge in [-0.3, -0.25) is 32.5 Å². The van der Waals surface area contributed by atoms with Crippen molar-refractivity contribution in [1.29, 1.82) is 0 Å². The van der Waals surface area contributed by atoms with Crippen LogP contribution in [0.25, 0.3) is 22.1 Å². The lowest BCUT2D eigenvalue weighted by molar-refractivity contribution is -0.137. The van der Waals surface area contributed by atoms with Crippen molar-refractivity contribution in [2.45, 2.75) is 57.3 Å². The summed E-state index contributed by atoms with van der Waals surface area (Å²) < 4.78 is 62.3. The van der Waals surface area contributed by atoms with Gasteiger partial charge in [0.2, 0.25) is 11.8 Å². The Morgan fingerprint density at radius 2 is 1.77 bits per heavy atom. The number of anilines is 1. The minimum absolute atomic E-state index is 0.0287. The number of rotatable bonds is 21. The number of ether oxygens (including phenoxy) is 1. The average molecular weight is 925 g/mol. The van der Waals surface area contributed by atoms with Gasteiger partial charge < -0.3 is 55.9 Å². The largest absolute Gasteiger partial charge is 0.481 e. The molecule has 3 unspecified atom stereocenters. The van der Waals surface area contributed by atoms with Crippen LogP contribution in [0.3, 0.4) is 0 Å². The van der Waals surface area contributed by atoms with Gasteiger partial charge >= 0.3 is 23.5 Å². The number of phosphoric acid groups is 3. The lowest BCUT2D eigenvalue weighted by Gasteiger charge is -2.30. The van der Waals surface area contributed by atoms with Crippen LogP contribution in [0.2, 0.25) is 0 Å². The summed E-state index contributed by atoms with van der Waals surface area (Å²) in [6.45, 7) is 0.448. The molecule has 5 rings (SSSR count). The molecule has 2 amide bonds. The molecule has 7 atom stereocenters. The zero-order valence-corrected chi connectivity index (χ0v) is 35.2. The number of nitrogens with one attached hydrogen (secondary N) is 3. The van der Waals surface area contributed by atoms with Gasteiger partial charge in [-0.2, -0.15) is 4.31 Å². The van der Waals surface area contributed by atoms with E-state index >= 15 is 0 Å². The SMILES string of the molecule is CC(C)(COP(=O)(O)OP(=O)(O)OC[C@H]1O[C@@H](n2cnc3c(N)ncnc32)[C@H](O)[C@@H]1OP(=O)(O)O)C(O)C(=O)NCCC(=O)NCCSC(=O)Cc1c[nH]c2ccccc12. The van der Waals surface area contributed by atoms with Gasteiger partial charge in [-0.1, -0.05) is 43.8 Å². The number of nitrogen functional groups attached to an aromatic ring is 1. The molecule has 1 aliphatic rings. The lowest BCUT2D eigenvalue weighted by atomic mass is 9.87. The predicted molar refractivity (Wildman–Crippen MR) is 209 cm³/mol. The van der Waals surface area contributed by atoms with Gasteiger partial charge in [-0.05, 0) is 11.6 Å². The van der Waals surface area contributed by atoms with E-state index in [0.717, 1.165) is 45.5 Å².